The summed E-state index contributed by atoms with van der Waals surface area (Å²) in [6.07, 6.45) is -3.21. The monoisotopic (exact) mass is 1160 g/mol. The van der Waals surface area contributed by atoms with Gasteiger partial charge in [-0.1, -0.05) is 57.2 Å². The van der Waals surface area contributed by atoms with E-state index in [9.17, 15) is 47.0 Å². The van der Waals surface area contributed by atoms with Crippen LogP contribution in [0.15, 0.2) is 78.8 Å². The van der Waals surface area contributed by atoms with E-state index in [-0.39, 0.29) is 109 Å². The van der Waals surface area contributed by atoms with Gasteiger partial charge in [-0.15, -0.1) is 24.5 Å². The van der Waals surface area contributed by atoms with Crippen LogP contribution < -0.4 is 31.2 Å². The van der Waals surface area contributed by atoms with Gasteiger partial charge >= 0.3 is 6.36 Å². The number of nitrogens with two attached hydrogens (primary N) is 1. The summed E-state index contributed by atoms with van der Waals surface area (Å²) in [4.78, 5) is 95.1. The standard InChI is InChI=1S/C56H68F4N10O11S/c1-34-49(82-33-66-34)37-11-7-36(8-12-37)27-63-52(76)44-26-39(71)29-70(44)54(77)50(55(2,3)4)67-47(73)16-20-78-22-23-79-21-17-62-46(72)6-5-18-68-31-43(65-32-68)38-25-41(51(61)75)53(64-28-38)80-45-15-19-69(30-42(45)57)48(74)24-35-9-13-40(14-10-35)81-56(58,59)60/h7-14,25,28,31-33,39,42,44-45,50,71H,5-6,15-24,26-27,29-30H2,1-4H3,(H2,61,75)(H,62,72)(H,63,76)(H,67,73)/t39?,42-,44+,45-,50-/m1/s1. The largest absolute Gasteiger partial charge is 0.573 e. The van der Waals surface area contributed by atoms with Crippen molar-refractivity contribution in [2.45, 2.75) is 116 Å². The highest BCUT2D eigenvalue weighted by atomic mass is 32.1. The highest BCUT2D eigenvalue weighted by Gasteiger charge is 2.44. The fourth-order valence-electron chi connectivity index (χ4n) is 9.25. The lowest BCUT2D eigenvalue weighted by Gasteiger charge is -2.35. The summed E-state index contributed by atoms with van der Waals surface area (Å²) in [6, 6.07) is 12.1. The molecule has 7 rings (SSSR count). The second-order valence-corrected chi connectivity index (χ2v) is 21.8. The van der Waals surface area contributed by atoms with E-state index in [1.54, 1.807) is 33.9 Å². The van der Waals surface area contributed by atoms with Crippen molar-refractivity contribution in [1.29, 1.82) is 0 Å². The zero-order valence-corrected chi connectivity index (χ0v) is 46.7. The number of hydrogen-bond donors (Lipinski definition) is 5. The van der Waals surface area contributed by atoms with Crippen LogP contribution in [0.4, 0.5) is 17.6 Å². The Kier molecular flexibility index (Phi) is 21.5. The van der Waals surface area contributed by atoms with E-state index in [1.807, 2.05) is 52.0 Å². The number of amides is 6. The van der Waals surface area contributed by atoms with Crippen molar-refractivity contribution < 1.29 is 70.4 Å². The molecule has 6 amide bonds. The molecular weight excluding hydrogens is 1100 g/mol. The highest BCUT2D eigenvalue weighted by Crippen LogP contribution is 2.31. The fourth-order valence-corrected chi connectivity index (χ4v) is 10.1. The number of carbonyl (C=O) groups is 6. The fraction of sp³-hybridized carbons (Fsp3) is 0.482. The van der Waals surface area contributed by atoms with Crippen molar-refractivity contribution in [3.8, 4) is 33.3 Å². The van der Waals surface area contributed by atoms with Crippen LogP contribution in [0.5, 0.6) is 11.6 Å². The summed E-state index contributed by atoms with van der Waals surface area (Å²) in [5.41, 5.74) is 10.8. The van der Waals surface area contributed by atoms with Crippen LogP contribution in [0.25, 0.3) is 21.7 Å². The van der Waals surface area contributed by atoms with Crippen LogP contribution >= 0.6 is 11.3 Å². The average Bonchev–Trinajstić information content (AvgIpc) is 4.38. The molecule has 3 aromatic heterocycles. The normalized spacial score (nSPS) is 17.7. The van der Waals surface area contributed by atoms with Gasteiger partial charge in [0.25, 0.3) is 5.91 Å². The van der Waals surface area contributed by atoms with Crippen molar-refractivity contribution in [2.24, 2.45) is 11.1 Å². The number of halogens is 4. The third kappa shape index (κ3) is 18.0. The smallest absolute Gasteiger partial charge is 0.471 e. The number of pyridine rings is 1. The minimum Gasteiger partial charge on any atom is -0.471 e. The molecule has 2 aliphatic rings. The number of thiazole rings is 1. The predicted octanol–water partition coefficient (Wildman–Crippen LogP) is 5.06. The Morgan fingerprint density at radius 2 is 1.60 bits per heavy atom. The molecule has 0 aliphatic carbocycles. The van der Waals surface area contributed by atoms with Crippen LogP contribution in [0.2, 0.25) is 0 Å². The number of β-amino-alcohol motifs (C(OH)–C–C–N with tert-alkyl or cyclic N) is 1. The van der Waals surface area contributed by atoms with Crippen LogP contribution in [-0.4, -0.2) is 159 Å². The molecule has 0 radical (unpaired) electrons. The number of rotatable bonds is 26. The molecule has 2 aliphatic heterocycles. The number of piperidine rings is 1. The number of hydrogen-bond acceptors (Lipinski definition) is 15. The van der Waals surface area contributed by atoms with Crippen LogP contribution in [0, 0.1) is 12.3 Å². The van der Waals surface area contributed by atoms with Crippen LogP contribution in [0.3, 0.4) is 0 Å². The third-order valence-electron chi connectivity index (χ3n) is 13.6. The molecule has 0 saturated carbocycles. The summed E-state index contributed by atoms with van der Waals surface area (Å²) < 4.78 is 75.5. The summed E-state index contributed by atoms with van der Waals surface area (Å²) in [7, 11) is 0. The van der Waals surface area contributed by atoms with Crippen LogP contribution in [-0.2, 0) is 53.0 Å². The molecule has 0 bridgehead atoms. The van der Waals surface area contributed by atoms with Crippen molar-refractivity contribution in [2.75, 3.05) is 52.6 Å². The molecular formula is C56H68F4N10O11S. The number of ether oxygens (including phenoxy) is 4. The minimum atomic E-state index is -4.85. The molecule has 442 valence electrons. The van der Waals surface area contributed by atoms with Gasteiger partial charge in [0.2, 0.25) is 35.4 Å². The van der Waals surface area contributed by atoms with E-state index in [1.165, 1.54) is 34.2 Å². The lowest BCUT2D eigenvalue weighted by molar-refractivity contribution is -0.274. The Labute approximate surface area is 475 Å². The number of aryl methyl sites for hydroxylation is 2. The van der Waals surface area contributed by atoms with E-state index >= 15 is 4.39 Å². The molecule has 2 saturated heterocycles. The van der Waals surface area contributed by atoms with Gasteiger partial charge < -0.3 is 60.1 Å². The Hall–Kier alpha value is -7.55. The van der Waals surface area contributed by atoms with E-state index in [0.29, 0.717) is 29.8 Å². The first kappa shape index (κ1) is 62.1. The Morgan fingerprint density at radius 3 is 2.27 bits per heavy atom. The molecule has 21 nitrogen and oxygen atoms in total. The van der Waals surface area contributed by atoms with Gasteiger partial charge in [-0.2, -0.15) is 0 Å². The summed E-state index contributed by atoms with van der Waals surface area (Å²) in [5, 5.41) is 19.1. The second-order valence-electron chi connectivity index (χ2n) is 21.0. The predicted molar refractivity (Wildman–Crippen MR) is 291 cm³/mol. The number of benzene rings is 2. The maximum absolute atomic E-state index is 15.4. The molecule has 6 N–H and O–H groups in total. The molecule has 26 heteroatoms. The number of imidazole rings is 1. The number of primary amides is 1. The maximum atomic E-state index is 15.4. The summed E-state index contributed by atoms with van der Waals surface area (Å²) in [6.45, 7) is 8.70. The number of alkyl halides is 4. The number of aliphatic hydroxyl groups excluding tert-OH is 1. The van der Waals surface area contributed by atoms with Crippen molar-refractivity contribution >= 4 is 46.8 Å². The van der Waals surface area contributed by atoms with E-state index in [0.717, 1.165) is 33.8 Å². The lowest BCUT2D eigenvalue weighted by Crippen LogP contribution is -2.57. The Balaban J connectivity index is 0.747. The van der Waals surface area contributed by atoms with Crippen LogP contribution in [0.1, 0.15) is 80.1 Å². The van der Waals surface area contributed by atoms with Crippen molar-refractivity contribution in [3.63, 3.8) is 0 Å². The number of carbonyl (C=O) groups excluding carboxylic acids is 6. The zero-order chi connectivity index (χ0) is 59.1. The zero-order valence-electron chi connectivity index (χ0n) is 45.9. The average molecular weight is 1170 g/mol. The van der Waals surface area contributed by atoms with Gasteiger partial charge in [-0.25, -0.2) is 19.3 Å². The quantitative estimate of drug-likeness (QED) is 0.0358. The molecule has 1 unspecified atom stereocenters. The van der Waals surface area contributed by atoms with Gasteiger partial charge in [-0.05, 0) is 53.6 Å². The topological polar surface area (TPSA) is 272 Å². The van der Waals surface area contributed by atoms with E-state index in [2.05, 4.69) is 35.6 Å². The van der Waals surface area contributed by atoms with Crippen molar-refractivity contribution in [1.82, 2.24) is 45.3 Å². The molecule has 82 heavy (non-hydrogen) atoms. The van der Waals surface area contributed by atoms with E-state index < -0.39 is 77.5 Å². The first-order valence-electron chi connectivity index (χ1n) is 26.7. The van der Waals surface area contributed by atoms with Gasteiger partial charge in [0.1, 0.15) is 29.5 Å². The first-order valence-corrected chi connectivity index (χ1v) is 27.6. The minimum absolute atomic E-state index is 0.0403. The molecule has 5 atom stereocenters. The highest BCUT2D eigenvalue weighted by molar-refractivity contribution is 7.13. The Bertz CT molecular complexity index is 2990. The molecule has 5 aromatic rings. The molecule has 2 fully saturated rings. The third-order valence-corrected chi connectivity index (χ3v) is 14.6. The van der Waals surface area contributed by atoms with E-state index in [4.69, 9.17) is 19.9 Å². The van der Waals surface area contributed by atoms with Crippen molar-refractivity contribution in [3.05, 3.63) is 101 Å². The number of aliphatic hydroxyl groups is 1. The Morgan fingerprint density at radius 1 is 0.878 bits per heavy atom. The number of aromatic nitrogens is 4. The van der Waals surface area contributed by atoms with Gasteiger partial charge in [0.15, 0.2) is 6.17 Å². The second kappa shape index (κ2) is 28.4. The van der Waals surface area contributed by atoms with Gasteiger partial charge in [0.05, 0.1) is 73.6 Å². The summed E-state index contributed by atoms with van der Waals surface area (Å²) in [5.74, 6) is -3.40. The SMILES string of the molecule is Cc1ncsc1-c1ccc(CNC(=O)[C@@H]2CC(O)CN2C(=O)[C@@H](NC(=O)CCOCCOCCNC(=O)CCCn2cnc(-c3cnc(O[C@@H]4CCN(C(=O)Cc5ccc(OC(F)(F)F)cc5)C[C@H]4F)c(C(N)=O)c3)c2)C(C)(C)C)cc1. The molecule has 0 spiro atoms. The lowest BCUT2D eigenvalue weighted by atomic mass is 9.85. The van der Waals surface area contributed by atoms with Gasteiger partial charge in [0, 0.05) is 76.4 Å². The first-order chi connectivity index (χ1) is 39.0. The number of nitrogens with zero attached hydrogens (tertiary/aromatic N) is 6. The molecule has 2 aromatic carbocycles. The summed E-state index contributed by atoms with van der Waals surface area (Å²) >= 11 is 1.55. The molecule has 5 heterocycles. The maximum Gasteiger partial charge on any atom is 0.573 e. The number of nitrogens with one attached hydrogen (secondary N) is 3. The van der Waals surface area contributed by atoms with Gasteiger partial charge in [-0.3, -0.25) is 28.8 Å². The number of likely N-dealkylation sites (tertiary alicyclic amines) is 2.